The van der Waals surface area contributed by atoms with Crippen LogP contribution in [0.15, 0.2) is 48.2 Å². The van der Waals surface area contributed by atoms with Gasteiger partial charge in [-0.1, -0.05) is 51.1 Å². The molecule has 0 saturated carbocycles. The Balaban J connectivity index is 2.09. The number of aryl methyl sites for hydroxylation is 2. The molecular weight excluding hydrogens is 376 g/mol. The van der Waals surface area contributed by atoms with Gasteiger partial charge in [0.25, 0.3) is 11.8 Å². The van der Waals surface area contributed by atoms with Crippen LogP contribution in [-0.4, -0.2) is 42.0 Å². The van der Waals surface area contributed by atoms with Crippen molar-refractivity contribution in [2.75, 3.05) is 25.1 Å². The van der Waals surface area contributed by atoms with Crippen LogP contribution in [0.1, 0.15) is 43.0 Å². The third-order valence-corrected chi connectivity index (χ3v) is 5.66. The lowest BCUT2D eigenvalue weighted by Gasteiger charge is -2.22. The zero-order valence-corrected chi connectivity index (χ0v) is 18.6. The Morgan fingerprint density at radius 2 is 1.57 bits per heavy atom. The molecule has 2 aromatic rings. The lowest BCUT2D eigenvalue weighted by atomic mass is 9.87. The second-order valence-corrected chi connectivity index (χ2v) is 8.91. The van der Waals surface area contributed by atoms with E-state index in [4.69, 9.17) is 0 Å². The average Bonchev–Trinajstić information content (AvgIpc) is 2.94. The van der Waals surface area contributed by atoms with Crippen molar-refractivity contribution in [2.45, 2.75) is 40.0 Å². The number of anilines is 1. The number of carbonyl (C=O) groups excluding carboxylic acids is 2. The maximum absolute atomic E-state index is 13.5. The van der Waals surface area contributed by atoms with Crippen molar-refractivity contribution < 1.29 is 14.7 Å². The summed E-state index contributed by atoms with van der Waals surface area (Å²) in [7, 11) is 1.73. The van der Waals surface area contributed by atoms with Gasteiger partial charge in [-0.25, -0.2) is 4.90 Å². The average molecular weight is 407 g/mol. The van der Waals surface area contributed by atoms with Gasteiger partial charge < -0.3 is 10.0 Å². The molecule has 0 aromatic heterocycles. The molecule has 0 radical (unpaired) electrons. The number of imide groups is 1. The minimum Gasteiger partial charge on any atom is -0.395 e. The summed E-state index contributed by atoms with van der Waals surface area (Å²) >= 11 is 0. The van der Waals surface area contributed by atoms with E-state index in [1.54, 1.807) is 11.9 Å². The lowest BCUT2D eigenvalue weighted by molar-refractivity contribution is -0.120. The highest BCUT2D eigenvalue weighted by molar-refractivity contribution is 6.45. The van der Waals surface area contributed by atoms with Crippen LogP contribution in [0.2, 0.25) is 0 Å². The zero-order valence-electron chi connectivity index (χ0n) is 18.6. The van der Waals surface area contributed by atoms with Crippen LogP contribution >= 0.6 is 0 Å². The predicted octanol–water partition coefficient (Wildman–Crippen LogP) is 3.81. The second kappa shape index (κ2) is 8.07. The normalized spacial score (nSPS) is 14.7. The first-order valence-electron chi connectivity index (χ1n) is 10.2. The molecule has 1 aliphatic heterocycles. The fourth-order valence-corrected chi connectivity index (χ4v) is 3.64. The molecule has 5 nitrogen and oxygen atoms in total. The van der Waals surface area contributed by atoms with E-state index in [0.717, 1.165) is 16.7 Å². The number of likely N-dealkylation sites (N-methyl/N-ethyl adjacent to an activating group) is 1. The van der Waals surface area contributed by atoms with Gasteiger partial charge in [-0.05, 0) is 53.6 Å². The largest absolute Gasteiger partial charge is 0.395 e. The van der Waals surface area contributed by atoms with Crippen LogP contribution in [0, 0.1) is 13.8 Å². The Kier molecular flexibility index (Phi) is 5.86. The Morgan fingerprint density at radius 3 is 2.10 bits per heavy atom. The molecule has 0 atom stereocenters. The topological polar surface area (TPSA) is 60.9 Å². The van der Waals surface area contributed by atoms with Gasteiger partial charge in [0.05, 0.1) is 17.9 Å². The molecule has 0 fully saturated rings. The molecule has 158 valence electrons. The molecule has 3 rings (SSSR count). The van der Waals surface area contributed by atoms with Crippen molar-refractivity contribution >= 4 is 23.1 Å². The highest BCUT2D eigenvalue weighted by Crippen LogP contribution is 2.35. The van der Waals surface area contributed by atoms with E-state index in [1.165, 1.54) is 4.90 Å². The van der Waals surface area contributed by atoms with E-state index in [2.05, 4.69) is 20.8 Å². The van der Waals surface area contributed by atoms with Crippen LogP contribution < -0.4 is 4.90 Å². The fraction of sp³-hybridized carbons (Fsp3) is 0.360. The highest BCUT2D eigenvalue weighted by Gasteiger charge is 2.41. The van der Waals surface area contributed by atoms with Crippen LogP contribution in [0.4, 0.5) is 5.69 Å². The van der Waals surface area contributed by atoms with Crippen LogP contribution in [0.5, 0.6) is 0 Å². The van der Waals surface area contributed by atoms with Crippen molar-refractivity contribution in [1.82, 2.24) is 4.90 Å². The molecule has 0 aliphatic carbocycles. The van der Waals surface area contributed by atoms with E-state index in [1.807, 2.05) is 56.3 Å². The van der Waals surface area contributed by atoms with Gasteiger partial charge in [-0.15, -0.1) is 0 Å². The molecule has 0 spiro atoms. The van der Waals surface area contributed by atoms with Crippen molar-refractivity contribution in [3.05, 3.63) is 70.4 Å². The molecule has 0 bridgehead atoms. The summed E-state index contributed by atoms with van der Waals surface area (Å²) < 4.78 is 0. The van der Waals surface area contributed by atoms with Gasteiger partial charge >= 0.3 is 0 Å². The van der Waals surface area contributed by atoms with Crippen molar-refractivity contribution in [3.8, 4) is 0 Å². The van der Waals surface area contributed by atoms with Gasteiger partial charge in [0.2, 0.25) is 0 Å². The first-order chi connectivity index (χ1) is 14.1. The summed E-state index contributed by atoms with van der Waals surface area (Å²) in [4.78, 5) is 29.7. The number of benzene rings is 2. The summed E-state index contributed by atoms with van der Waals surface area (Å²) in [5.74, 6) is -0.709. The Labute approximate surface area is 178 Å². The number of hydrogen-bond acceptors (Lipinski definition) is 4. The van der Waals surface area contributed by atoms with E-state index in [0.29, 0.717) is 22.5 Å². The maximum atomic E-state index is 13.5. The first-order valence-corrected chi connectivity index (χ1v) is 10.2. The molecule has 5 heteroatoms. The van der Waals surface area contributed by atoms with Crippen LogP contribution in [-0.2, 0) is 15.0 Å². The molecule has 0 saturated heterocycles. The first kappa shape index (κ1) is 21.8. The fourth-order valence-electron chi connectivity index (χ4n) is 3.64. The maximum Gasteiger partial charge on any atom is 0.282 e. The number of aliphatic hydroxyl groups excluding tert-OH is 1. The predicted molar refractivity (Wildman–Crippen MR) is 120 cm³/mol. The Morgan fingerprint density at radius 1 is 0.933 bits per heavy atom. The van der Waals surface area contributed by atoms with E-state index < -0.39 is 0 Å². The summed E-state index contributed by atoms with van der Waals surface area (Å²) in [6.45, 7) is 10.5. The number of rotatable bonds is 5. The third kappa shape index (κ3) is 3.90. The highest BCUT2D eigenvalue weighted by atomic mass is 16.3. The monoisotopic (exact) mass is 406 g/mol. The van der Waals surface area contributed by atoms with Gasteiger partial charge in [0, 0.05) is 13.6 Å². The molecule has 30 heavy (non-hydrogen) atoms. The van der Waals surface area contributed by atoms with Gasteiger partial charge in [0.15, 0.2) is 0 Å². The van der Waals surface area contributed by atoms with E-state index in [-0.39, 0.29) is 30.4 Å². The van der Waals surface area contributed by atoms with Gasteiger partial charge in [-0.3, -0.25) is 9.59 Å². The van der Waals surface area contributed by atoms with E-state index in [9.17, 15) is 14.7 Å². The number of carbonyl (C=O) groups is 2. The SMILES string of the molecule is Cc1ccc(C2=C(N(C)CCO)C(=O)N(c3ccc(C(C)(C)C)cc3)C2=O)cc1C. The summed E-state index contributed by atoms with van der Waals surface area (Å²) in [6, 6.07) is 13.3. The Hall–Kier alpha value is -2.92. The Bertz CT molecular complexity index is 1010. The minimum absolute atomic E-state index is 0.0209. The molecule has 1 heterocycles. The minimum atomic E-state index is -0.368. The lowest BCUT2D eigenvalue weighted by Crippen LogP contribution is -2.35. The van der Waals surface area contributed by atoms with Crippen LogP contribution in [0.25, 0.3) is 5.57 Å². The third-order valence-electron chi connectivity index (χ3n) is 5.66. The second-order valence-electron chi connectivity index (χ2n) is 8.91. The molecule has 0 unspecified atom stereocenters. The summed E-state index contributed by atoms with van der Waals surface area (Å²) in [5.41, 5.74) is 5.24. The molecule has 1 N–H and O–H groups in total. The van der Waals surface area contributed by atoms with E-state index >= 15 is 0 Å². The van der Waals surface area contributed by atoms with Gasteiger partial charge in [0.1, 0.15) is 5.70 Å². The number of nitrogens with zero attached hydrogens (tertiary/aromatic N) is 2. The molecule has 1 aliphatic rings. The summed E-state index contributed by atoms with van der Waals surface area (Å²) in [6.07, 6.45) is 0. The quantitative estimate of drug-likeness (QED) is 0.767. The zero-order chi connectivity index (χ0) is 22.2. The van der Waals surface area contributed by atoms with Crippen molar-refractivity contribution in [2.24, 2.45) is 0 Å². The number of hydrogen-bond donors (Lipinski definition) is 1. The van der Waals surface area contributed by atoms with Crippen molar-refractivity contribution in [1.29, 1.82) is 0 Å². The van der Waals surface area contributed by atoms with Crippen molar-refractivity contribution in [3.63, 3.8) is 0 Å². The standard InChI is InChI=1S/C25H30N2O3/c1-16-7-8-18(15-17(16)2)21-22(26(6)13-14-28)24(30)27(23(21)29)20-11-9-19(10-12-20)25(3,4)5/h7-12,15,28H,13-14H2,1-6H3. The van der Waals surface area contributed by atoms with Crippen LogP contribution in [0.3, 0.4) is 0 Å². The van der Waals surface area contributed by atoms with Gasteiger partial charge in [-0.2, -0.15) is 0 Å². The molecule has 2 amide bonds. The molecule has 2 aromatic carbocycles. The number of amides is 2. The smallest absolute Gasteiger partial charge is 0.282 e. The summed E-state index contributed by atoms with van der Waals surface area (Å²) in [5, 5.41) is 9.40. The number of aliphatic hydroxyl groups is 1. The molecular formula is C25H30N2O3.